The molecule has 0 aromatic rings. The zero-order chi connectivity index (χ0) is 52.6. The Morgan fingerprint density at radius 3 is 1.21 bits per heavy atom. The van der Waals surface area contributed by atoms with E-state index in [9.17, 15) is 38.2 Å². The number of carbonyl (C=O) groups is 1. The van der Waals surface area contributed by atoms with Gasteiger partial charge < -0.3 is 35.2 Å². The van der Waals surface area contributed by atoms with Gasteiger partial charge in [0.2, 0.25) is 5.91 Å². The molecule has 7 atom stereocenters. The second-order valence-corrected chi connectivity index (χ2v) is 22.7. The molecule has 7 unspecified atom stereocenters. The molecule has 1 amide bonds. The SMILES string of the molecule is CCCCCCCCCC/C=C/C(O)C(COC1OC(CO)C(O)C(OS(=O)(=O)O)C1O)NC(=O)CCCCCCCCCCCCCCCCCCCCCCCCCCCCCCCCCCCCC. The lowest BCUT2D eigenvalue weighted by Crippen LogP contribution is -2.61. The lowest BCUT2D eigenvalue weighted by atomic mass is 9.99. The average Bonchev–Trinajstić information content (AvgIpc) is 3.36. The van der Waals surface area contributed by atoms with Crippen LogP contribution in [0.1, 0.15) is 303 Å². The van der Waals surface area contributed by atoms with Gasteiger partial charge in [0, 0.05) is 6.42 Å². The maximum absolute atomic E-state index is 13.1. The van der Waals surface area contributed by atoms with E-state index < -0.39 is 59.9 Å². The van der Waals surface area contributed by atoms with Crippen LogP contribution in [0, 0.1) is 0 Å². The fourth-order valence-corrected chi connectivity index (χ4v) is 10.6. The first-order valence-electron chi connectivity index (χ1n) is 30.6. The summed E-state index contributed by atoms with van der Waals surface area (Å²) in [5.41, 5.74) is 0. The van der Waals surface area contributed by atoms with Gasteiger partial charge in [0.05, 0.1) is 25.4 Å². The largest absolute Gasteiger partial charge is 0.397 e. The molecule has 72 heavy (non-hydrogen) atoms. The minimum absolute atomic E-state index is 0.258. The highest BCUT2D eigenvalue weighted by Gasteiger charge is 2.48. The second kappa shape index (κ2) is 49.4. The predicted octanol–water partition coefficient (Wildman–Crippen LogP) is 14.6. The van der Waals surface area contributed by atoms with Crippen LogP contribution in [0.5, 0.6) is 0 Å². The lowest BCUT2D eigenvalue weighted by Gasteiger charge is -2.41. The van der Waals surface area contributed by atoms with E-state index in [1.54, 1.807) is 6.08 Å². The molecule has 0 saturated carbocycles. The number of ether oxygens (including phenoxy) is 2. The summed E-state index contributed by atoms with van der Waals surface area (Å²) in [7, 11) is -5.08. The summed E-state index contributed by atoms with van der Waals surface area (Å²) in [5, 5.41) is 44.8. The summed E-state index contributed by atoms with van der Waals surface area (Å²) in [5.74, 6) is -0.258. The van der Waals surface area contributed by atoms with Crippen LogP contribution < -0.4 is 5.32 Å². The van der Waals surface area contributed by atoms with Gasteiger partial charge in [-0.1, -0.05) is 289 Å². The molecule has 428 valence electrons. The maximum atomic E-state index is 13.1. The fraction of sp³-hybridized carbons (Fsp3) is 0.949. The molecule has 1 fully saturated rings. The summed E-state index contributed by atoms with van der Waals surface area (Å²) in [6.45, 7) is 3.40. The number of hydrogen-bond acceptors (Lipinski definition) is 10. The van der Waals surface area contributed by atoms with Gasteiger partial charge >= 0.3 is 10.4 Å². The number of unbranched alkanes of at least 4 members (excludes halogenated alkanes) is 42. The van der Waals surface area contributed by atoms with Crippen molar-refractivity contribution in [1.82, 2.24) is 5.32 Å². The monoisotopic (exact) mass is 1050 g/mol. The Morgan fingerprint density at radius 2 is 0.875 bits per heavy atom. The van der Waals surface area contributed by atoms with E-state index in [0.717, 1.165) is 38.5 Å². The third kappa shape index (κ3) is 41.1. The summed E-state index contributed by atoms with van der Waals surface area (Å²) >= 11 is 0. The van der Waals surface area contributed by atoms with Gasteiger partial charge in [0.15, 0.2) is 6.29 Å². The molecule has 0 aromatic carbocycles. The second-order valence-electron chi connectivity index (χ2n) is 21.7. The smallest absolute Gasteiger partial charge is 0.394 e. The van der Waals surface area contributed by atoms with Crippen LogP contribution >= 0.6 is 0 Å². The van der Waals surface area contributed by atoms with Crippen molar-refractivity contribution in [1.29, 1.82) is 0 Å². The van der Waals surface area contributed by atoms with Crippen molar-refractivity contribution in [2.75, 3.05) is 13.2 Å². The van der Waals surface area contributed by atoms with Crippen LogP contribution in [0.15, 0.2) is 12.2 Å². The summed E-state index contributed by atoms with van der Waals surface area (Å²) in [6.07, 6.45) is 51.7. The summed E-state index contributed by atoms with van der Waals surface area (Å²) < 4.78 is 47.7. The van der Waals surface area contributed by atoms with Crippen LogP contribution in [0.2, 0.25) is 0 Å². The molecule has 0 aliphatic carbocycles. The van der Waals surface area contributed by atoms with Gasteiger partial charge in [-0.15, -0.1) is 0 Å². The van der Waals surface area contributed by atoms with Crippen molar-refractivity contribution < 1.29 is 51.8 Å². The Labute approximate surface area is 442 Å². The molecular weight excluding hydrogens is 931 g/mol. The van der Waals surface area contributed by atoms with Gasteiger partial charge in [0.1, 0.15) is 24.4 Å². The van der Waals surface area contributed by atoms with Crippen LogP contribution in [0.4, 0.5) is 0 Å². The Balaban J connectivity index is 2.13. The van der Waals surface area contributed by atoms with Crippen LogP contribution in [-0.4, -0.2) is 95.4 Å². The van der Waals surface area contributed by atoms with E-state index in [2.05, 4.69) is 23.3 Å². The van der Waals surface area contributed by atoms with E-state index in [1.165, 1.54) is 238 Å². The van der Waals surface area contributed by atoms with E-state index in [-0.39, 0.29) is 18.9 Å². The Kier molecular flexibility index (Phi) is 47.3. The highest BCUT2D eigenvalue weighted by Crippen LogP contribution is 2.26. The van der Waals surface area contributed by atoms with Crippen molar-refractivity contribution in [3.05, 3.63) is 12.2 Å². The molecule has 1 rings (SSSR count). The molecule has 1 aliphatic rings. The maximum Gasteiger partial charge on any atom is 0.397 e. The third-order valence-electron chi connectivity index (χ3n) is 14.8. The topological polar surface area (TPSA) is 192 Å². The van der Waals surface area contributed by atoms with E-state index in [0.29, 0.717) is 6.42 Å². The minimum Gasteiger partial charge on any atom is -0.394 e. The van der Waals surface area contributed by atoms with Crippen molar-refractivity contribution in [2.45, 2.75) is 346 Å². The number of carbonyl (C=O) groups excluding carboxylic acids is 1. The first-order valence-corrected chi connectivity index (χ1v) is 31.9. The number of aliphatic hydroxyl groups is 4. The fourth-order valence-electron chi connectivity index (χ4n) is 10.1. The summed E-state index contributed by atoms with van der Waals surface area (Å²) in [6, 6.07) is -0.938. The van der Waals surface area contributed by atoms with E-state index in [1.807, 2.05) is 6.08 Å². The first kappa shape index (κ1) is 68.9. The van der Waals surface area contributed by atoms with Crippen molar-refractivity contribution in [3.8, 4) is 0 Å². The lowest BCUT2D eigenvalue weighted by molar-refractivity contribution is -0.298. The van der Waals surface area contributed by atoms with Crippen molar-refractivity contribution >= 4 is 16.3 Å². The molecule has 0 spiro atoms. The highest BCUT2D eigenvalue weighted by atomic mass is 32.3. The number of allylic oxidation sites excluding steroid dienone is 1. The average molecular weight is 1050 g/mol. The van der Waals surface area contributed by atoms with Crippen LogP contribution in [0.25, 0.3) is 0 Å². The van der Waals surface area contributed by atoms with Gasteiger partial charge in [-0.05, 0) is 19.3 Å². The van der Waals surface area contributed by atoms with Gasteiger partial charge in [0.25, 0.3) is 0 Å². The van der Waals surface area contributed by atoms with Gasteiger partial charge in [-0.25, -0.2) is 4.18 Å². The standard InChI is InChI=1S/C59H115NO11S/c1-3-5-7-9-11-13-15-16-17-18-19-20-21-22-23-24-25-26-27-28-29-30-31-32-33-34-35-36-37-38-39-41-43-45-47-49-55(63)60-52(53(62)48-46-44-42-40-14-12-10-8-6-4-2)51-69-59-57(65)58(71-72(66,67)68)56(64)54(50-61)70-59/h46,48,52-54,56-59,61-62,64-65H,3-45,47,49-51H2,1-2H3,(H,60,63)(H,66,67,68)/b48-46+. The Bertz CT molecular complexity index is 1320. The molecule has 13 heteroatoms. The highest BCUT2D eigenvalue weighted by molar-refractivity contribution is 7.80. The molecule has 0 radical (unpaired) electrons. The number of amides is 1. The number of rotatable bonds is 54. The zero-order valence-electron chi connectivity index (χ0n) is 46.5. The Hall–Kier alpha value is -1.16. The molecule has 0 bridgehead atoms. The normalized spacial score (nSPS) is 19.3. The molecule has 1 saturated heterocycles. The van der Waals surface area contributed by atoms with Gasteiger partial charge in [-0.2, -0.15) is 8.42 Å². The number of nitrogens with one attached hydrogen (secondary N) is 1. The molecule has 12 nitrogen and oxygen atoms in total. The van der Waals surface area contributed by atoms with E-state index >= 15 is 0 Å². The molecule has 0 aromatic heterocycles. The number of hydrogen-bond donors (Lipinski definition) is 6. The Morgan fingerprint density at radius 1 is 0.542 bits per heavy atom. The van der Waals surface area contributed by atoms with Crippen LogP contribution in [0.3, 0.4) is 0 Å². The van der Waals surface area contributed by atoms with Crippen LogP contribution in [-0.2, 0) is 28.9 Å². The predicted molar refractivity (Wildman–Crippen MR) is 296 cm³/mol. The zero-order valence-corrected chi connectivity index (χ0v) is 47.3. The molecular formula is C59H115NO11S. The first-order chi connectivity index (χ1) is 35.0. The minimum atomic E-state index is -5.08. The third-order valence-corrected chi connectivity index (χ3v) is 15.3. The molecule has 6 N–H and O–H groups in total. The van der Waals surface area contributed by atoms with Crippen molar-refractivity contribution in [2.24, 2.45) is 0 Å². The van der Waals surface area contributed by atoms with Gasteiger partial charge in [-0.3, -0.25) is 9.35 Å². The molecule has 1 aliphatic heterocycles. The molecule has 1 heterocycles. The number of aliphatic hydroxyl groups excluding tert-OH is 4. The van der Waals surface area contributed by atoms with E-state index in [4.69, 9.17) is 9.47 Å². The summed E-state index contributed by atoms with van der Waals surface area (Å²) in [4.78, 5) is 13.1. The quantitative estimate of drug-likeness (QED) is 0.0193. The van der Waals surface area contributed by atoms with Crippen molar-refractivity contribution in [3.63, 3.8) is 0 Å².